The van der Waals surface area contributed by atoms with Crippen molar-refractivity contribution in [3.8, 4) is 0 Å². The summed E-state index contributed by atoms with van der Waals surface area (Å²) < 4.78 is 6.71. The molecule has 0 amide bonds. The molecule has 3 rings (SSSR count). The van der Waals surface area contributed by atoms with Gasteiger partial charge in [0, 0.05) is 16.4 Å². The highest BCUT2D eigenvalue weighted by Crippen LogP contribution is 2.41. The number of hydrogen-bond donors (Lipinski definition) is 0. The number of hydrogen-bond acceptors (Lipinski definition) is 3. The standard InChI is InChI=1S/C26H28OS2/c1-2-3-13-20-27-25(22-14-7-4-8-15-22)21-26(28-23-16-9-5-10-17-23)29-24-18-11-6-12-19-24/h2,4-12,14-19,25-26H,1,3,13,20-21H2. The molecule has 0 heterocycles. The van der Waals surface area contributed by atoms with E-state index in [1.807, 2.05) is 29.6 Å². The number of benzene rings is 3. The summed E-state index contributed by atoms with van der Waals surface area (Å²) in [6.45, 7) is 4.57. The molecule has 0 radical (unpaired) electrons. The van der Waals surface area contributed by atoms with Crippen molar-refractivity contribution in [2.24, 2.45) is 0 Å². The molecule has 29 heavy (non-hydrogen) atoms. The second kappa shape index (κ2) is 12.6. The van der Waals surface area contributed by atoms with Gasteiger partial charge in [-0.3, -0.25) is 0 Å². The Kier molecular flexibility index (Phi) is 9.44. The van der Waals surface area contributed by atoms with E-state index in [1.54, 1.807) is 0 Å². The van der Waals surface area contributed by atoms with Crippen LogP contribution in [0.25, 0.3) is 0 Å². The van der Waals surface area contributed by atoms with Crippen LogP contribution < -0.4 is 0 Å². The van der Waals surface area contributed by atoms with E-state index in [2.05, 4.69) is 97.6 Å². The average Bonchev–Trinajstić information content (AvgIpc) is 2.78. The van der Waals surface area contributed by atoms with E-state index in [9.17, 15) is 0 Å². The van der Waals surface area contributed by atoms with Crippen molar-refractivity contribution in [2.45, 2.75) is 39.7 Å². The quantitative estimate of drug-likeness (QED) is 0.127. The first-order chi connectivity index (χ1) is 14.3. The lowest BCUT2D eigenvalue weighted by Gasteiger charge is -2.24. The van der Waals surface area contributed by atoms with Gasteiger partial charge in [-0.15, -0.1) is 30.1 Å². The molecule has 3 aromatic carbocycles. The second-order valence-electron chi connectivity index (χ2n) is 6.73. The lowest BCUT2D eigenvalue weighted by molar-refractivity contribution is 0.0484. The molecular formula is C26H28OS2. The van der Waals surface area contributed by atoms with E-state index in [0.717, 1.165) is 25.9 Å². The third kappa shape index (κ3) is 7.77. The molecular weight excluding hydrogens is 392 g/mol. The second-order valence-corrected chi connectivity index (χ2v) is 9.58. The third-order valence-electron chi connectivity index (χ3n) is 4.47. The van der Waals surface area contributed by atoms with Crippen molar-refractivity contribution >= 4 is 23.5 Å². The highest BCUT2D eigenvalue weighted by molar-refractivity contribution is 8.17. The zero-order valence-corrected chi connectivity index (χ0v) is 18.3. The van der Waals surface area contributed by atoms with Crippen LogP contribution in [-0.2, 0) is 4.74 Å². The monoisotopic (exact) mass is 420 g/mol. The van der Waals surface area contributed by atoms with Gasteiger partial charge < -0.3 is 4.74 Å². The molecule has 0 aliphatic heterocycles. The molecule has 0 N–H and O–H groups in total. The van der Waals surface area contributed by atoms with Crippen LogP contribution >= 0.6 is 23.5 Å². The number of allylic oxidation sites excluding steroid dienone is 1. The number of thioether (sulfide) groups is 2. The van der Waals surface area contributed by atoms with E-state index in [0.29, 0.717) is 4.58 Å². The highest BCUT2D eigenvalue weighted by atomic mass is 32.2. The molecule has 0 saturated carbocycles. The molecule has 1 nitrogen and oxygen atoms in total. The first-order valence-corrected chi connectivity index (χ1v) is 11.8. The molecule has 0 spiro atoms. The fourth-order valence-electron chi connectivity index (χ4n) is 3.02. The van der Waals surface area contributed by atoms with Gasteiger partial charge in [0.05, 0.1) is 10.7 Å². The molecule has 0 fully saturated rings. The number of rotatable bonds is 12. The molecule has 0 aromatic heterocycles. The minimum atomic E-state index is 0.0819. The van der Waals surface area contributed by atoms with Crippen molar-refractivity contribution in [3.63, 3.8) is 0 Å². The summed E-state index contributed by atoms with van der Waals surface area (Å²) in [6.07, 6.45) is 4.98. The van der Waals surface area contributed by atoms with Gasteiger partial charge in [0.25, 0.3) is 0 Å². The molecule has 3 heteroatoms. The Morgan fingerprint density at radius 2 is 1.28 bits per heavy atom. The molecule has 0 bridgehead atoms. The summed E-state index contributed by atoms with van der Waals surface area (Å²) in [4.78, 5) is 2.58. The summed E-state index contributed by atoms with van der Waals surface area (Å²) in [5.41, 5.74) is 1.25. The van der Waals surface area contributed by atoms with Crippen LogP contribution in [0.4, 0.5) is 0 Å². The molecule has 0 aliphatic rings. The van der Waals surface area contributed by atoms with E-state index in [4.69, 9.17) is 4.74 Å². The fraction of sp³-hybridized carbons (Fsp3) is 0.231. The predicted octanol–water partition coefficient (Wildman–Crippen LogP) is 8.01. The molecule has 150 valence electrons. The Morgan fingerprint density at radius 3 is 1.79 bits per heavy atom. The Hall–Kier alpha value is -1.94. The van der Waals surface area contributed by atoms with Crippen molar-refractivity contribution in [1.29, 1.82) is 0 Å². The molecule has 1 unspecified atom stereocenters. The highest BCUT2D eigenvalue weighted by Gasteiger charge is 2.21. The normalized spacial score (nSPS) is 12.0. The van der Waals surface area contributed by atoms with Crippen molar-refractivity contribution < 1.29 is 4.74 Å². The number of ether oxygens (including phenoxy) is 1. The van der Waals surface area contributed by atoms with Crippen LogP contribution in [0.15, 0.2) is 113 Å². The van der Waals surface area contributed by atoms with Gasteiger partial charge in [-0.25, -0.2) is 0 Å². The van der Waals surface area contributed by atoms with Gasteiger partial charge in [0.15, 0.2) is 0 Å². The van der Waals surface area contributed by atoms with Crippen LogP contribution in [0, 0.1) is 0 Å². The van der Waals surface area contributed by atoms with Crippen LogP contribution in [0.2, 0.25) is 0 Å². The fourth-order valence-corrected chi connectivity index (χ4v) is 5.65. The van der Waals surface area contributed by atoms with Crippen LogP contribution in [0.1, 0.15) is 30.9 Å². The SMILES string of the molecule is C=CCCCOC(CC(Sc1ccccc1)Sc1ccccc1)c1ccccc1. The Labute approximate surface area is 183 Å². The number of unbranched alkanes of at least 4 members (excludes halogenated alkanes) is 1. The van der Waals surface area contributed by atoms with E-state index in [1.165, 1.54) is 15.4 Å². The van der Waals surface area contributed by atoms with Crippen molar-refractivity contribution in [3.05, 3.63) is 109 Å². The maximum Gasteiger partial charge on any atom is 0.0843 e. The van der Waals surface area contributed by atoms with Gasteiger partial charge in [0.1, 0.15) is 0 Å². The summed E-state index contributed by atoms with van der Waals surface area (Å²) in [5, 5.41) is 0. The van der Waals surface area contributed by atoms with Gasteiger partial charge in [-0.2, -0.15) is 0 Å². The average molecular weight is 421 g/mol. The first kappa shape index (κ1) is 21.8. The van der Waals surface area contributed by atoms with E-state index < -0.39 is 0 Å². The smallest absolute Gasteiger partial charge is 0.0843 e. The zero-order valence-electron chi connectivity index (χ0n) is 16.7. The Morgan fingerprint density at radius 1 is 0.759 bits per heavy atom. The van der Waals surface area contributed by atoms with Gasteiger partial charge in [-0.05, 0) is 49.1 Å². The lowest BCUT2D eigenvalue weighted by atomic mass is 10.1. The van der Waals surface area contributed by atoms with E-state index >= 15 is 0 Å². The first-order valence-electron chi connectivity index (χ1n) is 10.1. The zero-order chi connectivity index (χ0) is 20.2. The Bertz CT molecular complexity index is 780. The summed E-state index contributed by atoms with van der Waals surface area (Å²) >= 11 is 3.83. The van der Waals surface area contributed by atoms with Crippen molar-refractivity contribution in [2.75, 3.05) is 6.61 Å². The van der Waals surface area contributed by atoms with Gasteiger partial charge in [0.2, 0.25) is 0 Å². The minimum absolute atomic E-state index is 0.0819. The summed E-state index contributed by atoms with van der Waals surface area (Å²) in [6, 6.07) is 31.9. The topological polar surface area (TPSA) is 9.23 Å². The summed E-state index contributed by atoms with van der Waals surface area (Å²) in [7, 11) is 0. The largest absolute Gasteiger partial charge is 0.373 e. The van der Waals surface area contributed by atoms with Crippen LogP contribution in [0.3, 0.4) is 0 Å². The minimum Gasteiger partial charge on any atom is -0.373 e. The van der Waals surface area contributed by atoms with Crippen LogP contribution in [0.5, 0.6) is 0 Å². The lowest BCUT2D eigenvalue weighted by Crippen LogP contribution is -2.11. The predicted molar refractivity (Wildman–Crippen MR) is 128 cm³/mol. The maximum absolute atomic E-state index is 6.36. The molecule has 0 aliphatic carbocycles. The molecule has 1 atom stereocenters. The molecule has 0 saturated heterocycles. The molecule has 3 aromatic rings. The van der Waals surface area contributed by atoms with Crippen LogP contribution in [-0.4, -0.2) is 11.2 Å². The van der Waals surface area contributed by atoms with Gasteiger partial charge >= 0.3 is 0 Å². The maximum atomic E-state index is 6.36. The summed E-state index contributed by atoms with van der Waals surface area (Å²) in [5.74, 6) is 0. The third-order valence-corrected chi connectivity index (χ3v) is 7.05. The van der Waals surface area contributed by atoms with Crippen molar-refractivity contribution in [1.82, 2.24) is 0 Å². The van der Waals surface area contributed by atoms with Gasteiger partial charge in [-0.1, -0.05) is 72.8 Å². The Balaban J connectivity index is 1.76. The van der Waals surface area contributed by atoms with E-state index in [-0.39, 0.29) is 6.10 Å².